The predicted molar refractivity (Wildman–Crippen MR) is 33.4 cm³/mol. The van der Waals surface area contributed by atoms with Gasteiger partial charge in [0.05, 0.1) is 0 Å². The summed E-state index contributed by atoms with van der Waals surface area (Å²) in [6, 6.07) is 1.83. The van der Waals surface area contributed by atoms with Gasteiger partial charge >= 0.3 is 63.1 Å². The molecule has 4 heteroatoms. The quantitative estimate of drug-likeness (QED) is 0.467. The summed E-state index contributed by atoms with van der Waals surface area (Å²) in [6.45, 7) is 0. The fourth-order valence-corrected chi connectivity index (χ4v) is 0.310. The van der Waals surface area contributed by atoms with Gasteiger partial charge in [0.25, 0.3) is 0 Å². The maximum absolute atomic E-state index is 8.15. The number of allylic oxidation sites excluding steroid dienone is 1. The first-order chi connectivity index (χ1) is 3.72. The summed E-state index contributed by atoms with van der Waals surface area (Å²) in [5, 5.41) is 14.7. The number of hydrogen-bond donors (Lipinski definition) is 1. The van der Waals surface area contributed by atoms with Crippen LogP contribution in [0.25, 0.3) is 0 Å². The Labute approximate surface area is 63.3 Å². The average Bonchev–Trinajstić information content (AvgIpc) is 1.84. The van der Waals surface area contributed by atoms with Crippen LogP contribution >= 0.6 is 0 Å². The minimum absolute atomic E-state index is 0.375. The zero-order chi connectivity index (χ0) is 6.57. The molecular formula is C4HN2Se2-. The van der Waals surface area contributed by atoms with E-state index in [0.717, 1.165) is 0 Å². The van der Waals surface area contributed by atoms with Crippen LogP contribution in [-0.4, -0.2) is 41.9 Å². The van der Waals surface area contributed by atoms with Gasteiger partial charge in [0.15, 0.2) is 0 Å². The van der Waals surface area contributed by atoms with Gasteiger partial charge in [-0.25, -0.2) is 0 Å². The van der Waals surface area contributed by atoms with E-state index in [2.05, 4.69) is 31.6 Å². The van der Waals surface area contributed by atoms with Gasteiger partial charge in [0.2, 0.25) is 0 Å². The maximum atomic E-state index is 8.15. The van der Waals surface area contributed by atoms with Crippen molar-refractivity contribution in [2.24, 2.45) is 0 Å². The molecule has 0 saturated carbocycles. The predicted octanol–water partition coefficient (Wildman–Crippen LogP) is -0.848. The van der Waals surface area contributed by atoms with Crippen LogP contribution in [0.1, 0.15) is 0 Å². The van der Waals surface area contributed by atoms with Crippen LogP contribution in [0.4, 0.5) is 0 Å². The van der Waals surface area contributed by atoms with Gasteiger partial charge in [0.1, 0.15) is 0 Å². The summed E-state index contributed by atoms with van der Waals surface area (Å²) >= 11 is 4.99. The molecule has 0 spiro atoms. The van der Waals surface area contributed by atoms with Crippen molar-refractivity contribution in [2.75, 3.05) is 0 Å². The Morgan fingerprint density at radius 3 is 2.38 bits per heavy atom. The van der Waals surface area contributed by atoms with E-state index < -0.39 is 0 Å². The summed E-state index contributed by atoms with van der Waals surface area (Å²) < 4.78 is 0.799. The summed E-state index contributed by atoms with van der Waals surface area (Å²) in [6.07, 6.45) is 0. The molecule has 2 nitrogen and oxygen atoms in total. The molecule has 0 bridgehead atoms. The molecule has 0 aliphatic heterocycles. The molecule has 0 aliphatic carbocycles. The van der Waals surface area contributed by atoms with Crippen LogP contribution in [0.2, 0.25) is 0 Å². The van der Waals surface area contributed by atoms with Gasteiger partial charge in [-0.15, -0.1) is 0 Å². The Balaban J connectivity index is 4.33. The molecule has 0 aromatic rings. The van der Waals surface area contributed by atoms with Crippen molar-refractivity contribution in [3.05, 3.63) is 4.47 Å². The van der Waals surface area contributed by atoms with E-state index in [1.807, 2.05) is 11.9 Å². The first kappa shape index (κ1) is 7.85. The molecule has 0 heterocycles. The van der Waals surface area contributed by atoms with Crippen LogP contribution in [0.3, 0.4) is 0 Å². The summed E-state index contributed by atoms with van der Waals surface area (Å²) in [5.74, 6) is 2.04. The Hall–Kier alpha value is -0.151. The van der Waals surface area contributed by atoms with E-state index in [9.17, 15) is 0 Å². The molecule has 0 aromatic carbocycles. The van der Waals surface area contributed by atoms with E-state index in [1.165, 1.54) is 0 Å². The van der Waals surface area contributed by atoms with Crippen molar-refractivity contribution in [2.45, 2.75) is 0 Å². The molecule has 0 unspecified atom stereocenters. The third-order valence-corrected chi connectivity index (χ3v) is 2.34. The molecular weight excluding hydrogens is 234 g/mol. The van der Waals surface area contributed by atoms with Gasteiger partial charge < -0.3 is 0 Å². The molecule has 8 heavy (non-hydrogen) atoms. The summed E-state index contributed by atoms with van der Waals surface area (Å²) in [5.41, 5.74) is 0. The van der Waals surface area contributed by atoms with E-state index in [1.54, 1.807) is 0 Å². The van der Waals surface area contributed by atoms with E-state index in [0.29, 0.717) is 8.89 Å². The van der Waals surface area contributed by atoms with Crippen molar-refractivity contribution in [3.8, 4) is 6.07 Å². The number of nitrogens with one attached hydrogen (secondary N) is 1. The Kier molecular flexibility index (Phi) is 3.73. The molecule has 0 saturated heterocycles. The van der Waals surface area contributed by atoms with Crippen molar-refractivity contribution < 1.29 is 0 Å². The third-order valence-electron chi connectivity index (χ3n) is 0.421. The van der Waals surface area contributed by atoms with Gasteiger partial charge in [-0.1, -0.05) is 0 Å². The summed E-state index contributed by atoms with van der Waals surface area (Å²) in [4.78, 5) is 0. The second kappa shape index (κ2) is 3.80. The fraction of sp³-hybridized carbons (Fsp3) is 0. The second-order valence-electron chi connectivity index (χ2n) is 0.895. The second-order valence-corrected chi connectivity index (χ2v) is 2.61. The zero-order valence-electron chi connectivity index (χ0n) is 3.76. The van der Waals surface area contributed by atoms with Gasteiger partial charge in [-0.3, -0.25) is 0 Å². The summed E-state index contributed by atoms with van der Waals surface area (Å²) in [7, 11) is 0. The number of hydrogen-bond acceptors (Lipinski definition) is 2. The minimum atomic E-state index is 0.375. The van der Waals surface area contributed by atoms with Crippen molar-refractivity contribution in [1.29, 1.82) is 10.7 Å². The number of rotatable bonds is 1. The van der Waals surface area contributed by atoms with Gasteiger partial charge in [0, 0.05) is 0 Å². The molecule has 40 valence electrons. The van der Waals surface area contributed by atoms with Gasteiger partial charge in [-0.2, -0.15) is 0 Å². The average molecular weight is 235 g/mol. The first-order valence-electron chi connectivity index (χ1n) is 1.63. The van der Waals surface area contributed by atoms with E-state index >= 15 is 0 Å². The van der Waals surface area contributed by atoms with Crippen LogP contribution in [-0.2, 0) is 0 Å². The van der Waals surface area contributed by atoms with Crippen LogP contribution in [0, 0.1) is 16.7 Å². The van der Waals surface area contributed by atoms with E-state index in [4.69, 9.17) is 10.7 Å². The Morgan fingerprint density at radius 2 is 2.25 bits per heavy atom. The molecule has 0 fully saturated rings. The van der Waals surface area contributed by atoms with Crippen LogP contribution in [0.5, 0.6) is 0 Å². The molecule has 0 aromatic heterocycles. The van der Waals surface area contributed by atoms with Crippen molar-refractivity contribution in [1.82, 2.24) is 0 Å². The number of nitriles is 1. The molecule has 0 rings (SSSR count). The first-order valence-corrected chi connectivity index (χ1v) is 3.34. The standard InChI is InChI=1S/C4H2N2Se2/c5-1-3(7)4(8)2-6/h5,7H/p-1. The Morgan fingerprint density at radius 1 is 1.75 bits per heavy atom. The molecule has 1 N–H and O–H groups in total. The van der Waals surface area contributed by atoms with Gasteiger partial charge in [-0.05, 0) is 0 Å². The van der Waals surface area contributed by atoms with E-state index in [-0.39, 0.29) is 0 Å². The fourth-order valence-electron chi connectivity index (χ4n) is 0.108. The van der Waals surface area contributed by atoms with Crippen LogP contribution in [0.15, 0.2) is 4.47 Å². The van der Waals surface area contributed by atoms with Crippen molar-refractivity contribution in [3.63, 3.8) is 0 Å². The topological polar surface area (TPSA) is 47.6 Å². The normalized spacial score (nSPS) is 6.38. The van der Waals surface area contributed by atoms with Crippen molar-refractivity contribution >= 4 is 41.9 Å². The molecule has 0 amide bonds. The van der Waals surface area contributed by atoms with Crippen LogP contribution < -0.4 is 0 Å². The third kappa shape index (κ3) is 2.23. The molecule has 0 radical (unpaired) electrons. The Bertz CT molecular complexity index is 195. The zero-order valence-corrected chi connectivity index (χ0v) is 7.19. The number of nitrogens with zero attached hydrogens (tertiary/aromatic N) is 1. The SMILES string of the molecule is N#CC(=[Se])C([Se-])=C=N. The monoisotopic (exact) mass is 237 g/mol. The molecule has 0 aliphatic rings. The molecule has 0 atom stereocenters.